The van der Waals surface area contributed by atoms with E-state index in [-0.39, 0.29) is 5.91 Å². The first-order chi connectivity index (χ1) is 9.56. The Balaban J connectivity index is 1.96. The maximum atomic E-state index is 11.8. The van der Waals surface area contributed by atoms with Crippen LogP contribution in [-0.2, 0) is 0 Å². The molecule has 0 unspecified atom stereocenters. The molecule has 3 rings (SSSR count). The van der Waals surface area contributed by atoms with Gasteiger partial charge in [-0.2, -0.15) is 0 Å². The number of hydrogen-bond acceptors (Lipinski definition) is 4. The van der Waals surface area contributed by atoms with Crippen LogP contribution in [0.4, 0.5) is 5.69 Å². The lowest BCUT2D eigenvalue weighted by Crippen LogP contribution is -2.40. The average molecular weight is 274 g/mol. The average Bonchev–Trinajstić information content (AvgIpc) is 2.80. The van der Waals surface area contributed by atoms with Crippen LogP contribution in [0, 0.1) is 19.8 Å². The Hall–Kier alpha value is -1.62. The maximum Gasteiger partial charge on any atom is 0.252 e. The highest BCUT2D eigenvalue weighted by Gasteiger charge is 2.35. The minimum atomic E-state index is -0.382. The molecule has 5 heteroatoms. The minimum absolute atomic E-state index is 0.382. The van der Waals surface area contributed by atoms with E-state index in [0.717, 1.165) is 36.7 Å². The number of fused-ring (bicyclic) bond motifs is 1. The van der Waals surface area contributed by atoms with Gasteiger partial charge in [0.25, 0.3) is 5.91 Å². The number of amides is 1. The van der Waals surface area contributed by atoms with Gasteiger partial charge in [0.1, 0.15) is 0 Å². The van der Waals surface area contributed by atoms with Gasteiger partial charge in [0, 0.05) is 24.8 Å². The second kappa shape index (κ2) is 5.05. The quantitative estimate of drug-likeness (QED) is 0.843. The van der Waals surface area contributed by atoms with E-state index in [4.69, 9.17) is 5.73 Å². The lowest BCUT2D eigenvalue weighted by molar-refractivity contribution is 0.1000. The molecule has 0 aromatic carbocycles. The molecule has 2 atom stereocenters. The van der Waals surface area contributed by atoms with Crippen LogP contribution in [0.25, 0.3) is 0 Å². The van der Waals surface area contributed by atoms with Gasteiger partial charge in [-0.05, 0) is 45.2 Å². The summed E-state index contributed by atoms with van der Waals surface area (Å²) in [6.07, 6.45) is 2.51. The van der Waals surface area contributed by atoms with Crippen LogP contribution >= 0.6 is 0 Å². The summed E-state index contributed by atoms with van der Waals surface area (Å²) in [4.78, 5) is 18.4. The Kier molecular flexibility index (Phi) is 3.38. The number of carbonyl (C=O) groups excluding carboxylic acids is 1. The fourth-order valence-corrected chi connectivity index (χ4v) is 3.61. The van der Waals surface area contributed by atoms with Crippen LogP contribution in [-0.4, -0.2) is 36.6 Å². The lowest BCUT2D eigenvalue weighted by Gasteiger charge is -2.24. The molecule has 5 nitrogen and oxygen atoms in total. The van der Waals surface area contributed by atoms with Crippen molar-refractivity contribution >= 4 is 11.6 Å². The second-order valence-corrected chi connectivity index (χ2v) is 5.98. The standard InChI is InChI=1S/C15H22N4O/c1-9-6-13(14(15(16)20)10(2)18-9)19-7-11-4-3-5-17-12(11)8-19/h6,11-12,17H,3-5,7-8H2,1-2H3,(H2,16,20)/t11-,12+/m0/s1. The lowest BCUT2D eigenvalue weighted by atomic mass is 9.94. The summed E-state index contributed by atoms with van der Waals surface area (Å²) in [7, 11) is 0. The number of nitrogens with one attached hydrogen (secondary N) is 1. The smallest absolute Gasteiger partial charge is 0.252 e. The molecule has 0 saturated carbocycles. The van der Waals surface area contributed by atoms with E-state index >= 15 is 0 Å². The summed E-state index contributed by atoms with van der Waals surface area (Å²) in [5.74, 6) is 0.297. The molecule has 1 aromatic heterocycles. The van der Waals surface area contributed by atoms with Gasteiger partial charge >= 0.3 is 0 Å². The van der Waals surface area contributed by atoms with Gasteiger partial charge in [-0.15, -0.1) is 0 Å². The number of hydrogen-bond donors (Lipinski definition) is 2. The minimum Gasteiger partial charge on any atom is -0.369 e. The number of piperidine rings is 1. The second-order valence-electron chi connectivity index (χ2n) is 5.98. The molecule has 1 amide bonds. The molecule has 2 saturated heterocycles. The third-order valence-corrected chi connectivity index (χ3v) is 4.49. The number of anilines is 1. The molecule has 2 fully saturated rings. The first-order valence-electron chi connectivity index (χ1n) is 7.32. The summed E-state index contributed by atoms with van der Waals surface area (Å²) in [6.45, 7) is 6.88. The molecular formula is C15H22N4O. The van der Waals surface area contributed by atoms with E-state index < -0.39 is 0 Å². The van der Waals surface area contributed by atoms with Crippen molar-refractivity contribution in [3.05, 3.63) is 23.0 Å². The Morgan fingerprint density at radius 1 is 1.45 bits per heavy atom. The van der Waals surface area contributed by atoms with Crippen molar-refractivity contribution in [1.82, 2.24) is 10.3 Å². The van der Waals surface area contributed by atoms with Crippen molar-refractivity contribution in [3.63, 3.8) is 0 Å². The first kappa shape index (κ1) is 13.4. The molecule has 3 heterocycles. The molecule has 3 N–H and O–H groups in total. The van der Waals surface area contributed by atoms with Gasteiger partial charge in [0.15, 0.2) is 0 Å². The Labute approximate surface area is 119 Å². The summed E-state index contributed by atoms with van der Waals surface area (Å²) < 4.78 is 0. The zero-order valence-corrected chi connectivity index (χ0v) is 12.1. The van der Waals surface area contributed by atoms with Crippen molar-refractivity contribution < 1.29 is 4.79 Å². The molecule has 2 aliphatic heterocycles. The summed E-state index contributed by atoms with van der Waals surface area (Å²) in [5.41, 5.74) is 8.76. The van der Waals surface area contributed by atoms with Crippen LogP contribution in [0.5, 0.6) is 0 Å². The largest absolute Gasteiger partial charge is 0.369 e. The van der Waals surface area contributed by atoms with E-state index in [1.807, 2.05) is 19.9 Å². The van der Waals surface area contributed by atoms with Gasteiger partial charge in [0.2, 0.25) is 0 Å². The van der Waals surface area contributed by atoms with Gasteiger partial charge in [-0.3, -0.25) is 9.78 Å². The number of rotatable bonds is 2. The number of aryl methyl sites for hydroxylation is 2. The molecule has 2 aliphatic rings. The maximum absolute atomic E-state index is 11.8. The zero-order chi connectivity index (χ0) is 14.3. The third kappa shape index (κ3) is 2.26. The number of pyridine rings is 1. The Morgan fingerprint density at radius 3 is 2.95 bits per heavy atom. The number of nitrogens with zero attached hydrogens (tertiary/aromatic N) is 2. The molecule has 0 aliphatic carbocycles. The highest BCUT2D eigenvalue weighted by atomic mass is 16.1. The van der Waals surface area contributed by atoms with Crippen LogP contribution in [0.1, 0.15) is 34.6 Å². The highest BCUT2D eigenvalue weighted by Crippen LogP contribution is 2.32. The van der Waals surface area contributed by atoms with Gasteiger partial charge in [-0.25, -0.2) is 0 Å². The van der Waals surface area contributed by atoms with Crippen LogP contribution in [0.2, 0.25) is 0 Å². The van der Waals surface area contributed by atoms with Crippen molar-refractivity contribution in [3.8, 4) is 0 Å². The van der Waals surface area contributed by atoms with E-state index in [1.165, 1.54) is 12.8 Å². The SMILES string of the molecule is Cc1cc(N2C[C@@H]3CCCN[C@@H]3C2)c(C(N)=O)c(C)n1. The first-order valence-corrected chi connectivity index (χ1v) is 7.32. The molecule has 20 heavy (non-hydrogen) atoms. The molecule has 1 aromatic rings. The predicted octanol–water partition coefficient (Wildman–Crippen LogP) is 0.986. The molecule has 0 radical (unpaired) electrons. The van der Waals surface area contributed by atoms with Crippen LogP contribution < -0.4 is 16.0 Å². The van der Waals surface area contributed by atoms with Crippen molar-refractivity contribution in [2.24, 2.45) is 11.7 Å². The van der Waals surface area contributed by atoms with E-state index in [9.17, 15) is 4.79 Å². The number of carbonyl (C=O) groups is 1. The topological polar surface area (TPSA) is 71.2 Å². The summed E-state index contributed by atoms with van der Waals surface area (Å²) in [6, 6.07) is 2.53. The molecule has 108 valence electrons. The summed E-state index contributed by atoms with van der Waals surface area (Å²) >= 11 is 0. The fraction of sp³-hybridized carbons (Fsp3) is 0.600. The van der Waals surface area contributed by atoms with Gasteiger partial charge < -0.3 is 16.0 Å². The van der Waals surface area contributed by atoms with E-state index in [2.05, 4.69) is 15.2 Å². The Bertz CT molecular complexity index is 529. The predicted molar refractivity (Wildman–Crippen MR) is 79.0 cm³/mol. The third-order valence-electron chi connectivity index (χ3n) is 4.49. The van der Waals surface area contributed by atoms with Crippen molar-refractivity contribution in [1.29, 1.82) is 0 Å². The van der Waals surface area contributed by atoms with E-state index in [0.29, 0.717) is 17.5 Å². The van der Waals surface area contributed by atoms with Crippen LogP contribution in [0.15, 0.2) is 6.07 Å². The number of nitrogens with two attached hydrogens (primary N) is 1. The summed E-state index contributed by atoms with van der Waals surface area (Å²) in [5, 5.41) is 3.59. The highest BCUT2D eigenvalue weighted by molar-refractivity contribution is 5.99. The fourth-order valence-electron chi connectivity index (χ4n) is 3.61. The van der Waals surface area contributed by atoms with Gasteiger partial charge in [0.05, 0.1) is 16.9 Å². The van der Waals surface area contributed by atoms with Crippen molar-refractivity contribution in [2.45, 2.75) is 32.7 Å². The zero-order valence-electron chi connectivity index (χ0n) is 12.1. The van der Waals surface area contributed by atoms with E-state index in [1.54, 1.807) is 0 Å². The number of primary amides is 1. The molecule has 0 bridgehead atoms. The Morgan fingerprint density at radius 2 is 2.25 bits per heavy atom. The molecule has 0 spiro atoms. The van der Waals surface area contributed by atoms with Crippen LogP contribution in [0.3, 0.4) is 0 Å². The molecular weight excluding hydrogens is 252 g/mol. The number of aromatic nitrogens is 1. The normalized spacial score (nSPS) is 25.6. The monoisotopic (exact) mass is 274 g/mol. The van der Waals surface area contributed by atoms with Crippen molar-refractivity contribution in [2.75, 3.05) is 24.5 Å². The van der Waals surface area contributed by atoms with Gasteiger partial charge in [-0.1, -0.05) is 0 Å².